The summed E-state index contributed by atoms with van der Waals surface area (Å²) in [5.74, 6) is 0. The summed E-state index contributed by atoms with van der Waals surface area (Å²) in [4.78, 5) is 3.81. The largest absolute Gasteiger partial charge is 0.371 e. The normalized spacial score (nSPS) is 12.4. The second-order valence-corrected chi connectivity index (χ2v) is 7.16. The zero-order chi connectivity index (χ0) is 13.8. The van der Waals surface area contributed by atoms with Gasteiger partial charge in [-0.2, -0.15) is 0 Å². The molecule has 1 atom stereocenters. The van der Waals surface area contributed by atoms with Crippen molar-refractivity contribution in [2.75, 3.05) is 11.9 Å². The Morgan fingerprint density at radius 1 is 1.32 bits per heavy atom. The molecule has 0 aliphatic heterocycles. The Bertz CT molecular complexity index is 525. The van der Waals surface area contributed by atoms with Gasteiger partial charge >= 0.3 is 0 Å². The van der Waals surface area contributed by atoms with E-state index in [1.807, 2.05) is 11.3 Å². The highest BCUT2D eigenvalue weighted by molar-refractivity contribution is 9.10. The summed E-state index contributed by atoms with van der Waals surface area (Å²) in [6.45, 7) is 2.28. The Morgan fingerprint density at radius 3 is 2.74 bits per heavy atom. The molecule has 0 fully saturated rings. The van der Waals surface area contributed by atoms with Crippen LogP contribution in [-0.4, -0.2) is 13.1 Å². The molecule has 0 aliphatic rings. The van der Waals surface area contributed by atoms with Gasteiger partial charge in [0, 0.05) is 39.9 Å². The summed E-state index contributed by atoms with van der Waals surface area (Å²) in [5.41, 5.74) is 2.61. The van der Waals surface area contributed by atoms with Crippen LogP contribution in [0.25, 0.3) is 0 Å². The predicted molar refractivity (Wildman–Crippen MR) is 92.7 cm³/mol. The zero-order valence-corrected chi connectivity index (χ0v) is 15.1. The van der Waals surface area contributed by atoms with E-state index in [1.165, 1.54) is 16.1 Å². The fourth-order valence-corrected chi connectivity index (χ4v) is 3.78. The minimum Gasteiger partial charge on any atom is -0.371 e. The monoisotopic (exact) mass is 401 g/mol. The van der Waals surface area contributed by atoms with Gasteiger partial charge in [-0.1, -0.05) is 37.9 Å². The first kappa shape index (κ1) is 15.1. The molecular weight excluding hydrogens is 386 g/mol. The molecule has 1 nitrogen and oxygen atoms in total. The van der Waals surface area contributed by atoms with Crippen molar-refractivity contribution in [2.24, 2.45) is 0 Å². The number of alkyl halides is 1. The molecule has 1 aromatic carbocycles. The second-order valence-electron chi connectivity index (χ2n) is 4.65. The van der Waals surface area contributed by atoms with Crippen LogP contribution < -0.4 is 4.90 Å². The van der Waals surface area contributed by atoms with Crippen molar-refractivity contribution in [3.63, 3.8) is 0 Å². The maximum absolute atomic E-state index is 3.58. The molecule has 0 radical (unpaired) electrons. The summed E-state index contributed by atoms with van der Waals surface area (Å²) in [6, 6.07) is 11.3. The molecule has 4 heteroatoms. The van der Waals surface area contributed by atoms with E-state index in [4.69, 9.17) is 0 Å². The van der Waals surface area contributed by atoms with Gasteiger partial charge in [-0.3, -0.25) is 0 Å². The third-order valence-corrected chi connectivity index (χ3v) is 5.30. The van der Waals surface area contributed by atoms with Crippen LogP contribution in [0.15, 0.2) is 40.2 Å². The van der Waals surface area contributed by atoms with Gasteiger partial charge < -0.3 is 4.90 Å². The van der Waals surface area contributed by atoms with Gasteiger partial charge in [0.2, 0.25) is 0 Å². The summed E-state index contributed by atoms with van der Waals surface area (Å²) < 4.78 is 1.13. The van der Waals surface area contributed by atoms with E-state index in [1.54, 1.807) is 0 Å². The minimum absolute atomic E-state index is 0.484. The van der Waals surface area contributed by atoms with Gasteiger partial charge in [-0.05, 0) is 42.1 Å². The Hall–Kier alpha value is -0.320. The number of thiophene rings is 1. The summed E-state index contributed by atoms with van der Waals surface area (Å²) in [7, 11) is 2.17. The van der Waals surface area contributed by atoms with Gasteiger partial charge in [-0.15, -0.1) is 11.3 Å². The smallest absolute Gasteiger partial charge is 0.0408 e. The maximum atomic E-state index is 3.58. The van der Waals surface area contributed by atoms with Crippen LogP contribution in [-0.2, 0) is 11.8 Å². The molecule has 0 bridgehead atoms. The van der Waals surface area contributed by atoms with E-state index >= 15 is 0 Å². The third kappa shape index (κ3) is 3.83. The SMILES string of the molecule is CC(Cc1cccs1)N(C)c1ccc(Br)cc1CBr. The standard InChI is InChI=1S/C15H17Br2NS/c1-11(8-14-4-3-7-19-14)18(2)15-6-5-13(17)9-12(15)10-16/h3-7,9,11H,8,10H2,1-2H3. The lowest BCUT2D eigenvalue weighted by Crippen LogP contribution is -2.31. The highest BCUT2D eigenvalue weighted by Gasteiger charge is 2.14. The molecule has 1 unspecified atom stereocenters. The Balaban J connectivity index is 2.16. The van der Waals surface area contributed by atoms with E-state index in [-0.39, 0.29) is 0 Å². The third-order valence-electron chi connectivity index (χ3n) is 3.30. The van der Waals surface area contributed by atoms with Crippen LogP contribution in [0.1, 0.15) is 17.4 Å². The first-order chi connectivity index (χ1) is 9.11. The molecular formula is C15H17Br2NS. The Labute approximate surface area is 135 Å². The molecule has 0 aliphatic carbocycles. The van der Waals surface area contributed by atoms with Crippen LogP contribution in [0.4, 0.5) is 5.69 Å². The zero-order valence-electron chi connectivity index (χ0n) is 11.1. The molecule has 1 aromatic heterocycles. The number of likely N-dealkylation sites (N-methyl/N-ethyl adjacent to an activating group) is 1. The minimum atomic E-state index is 0.484. The van der Waals surface area contributed by atoms with Crippen molar-refractivity contribution in [1.82, 2.24) is 0 Å². The predicted octanol–water partition coefficient (Wildman–Crippen LogP) is 5.47. The number of benzene rings is 1. The lowest BCUT2D eigenvalue weighted by molar-refractivity contribution is 0.686. The number of hydrogen-bond acceptors (Lipinski definition) is 2. The summed E-state index contributed by atoms with van der Waals surface area (Å²) >= 11 is 8.94. The molecule has 0 saturated carbocycles. The number of nitrogens with zero attached hydrogens (tertiary/aromatic N) is 1. The fourth-order valence-electron chi connectivity index (χ4n) is 2.10. The number of rotatable bonds is 5. The average molecular weight is 403 g/mol. The summed E-state index contributed by atoms with van der Waals surface area (Å²) in [6.07, 6.45) is 1.09. The number of halogens is 2. The van der Waals surface area contributed by atoms with Gasteiger partial charge in [0.1, 0.15) is 0 Å². The van der Waals surface area contributed by atoms with E-state index in [0.717, 1.165) is 16.2 Å². The van der Waals surface area contributed by atoms with Crippen molar-refractivity contribution in [2.45, 2.75) is 24.7 Å². The van der Waals surface area contributed by atoms with Crippen molar-refractivity contribution in [1.29, 1.82) is 0 Å². The van der Waals surface area contributed by atoms with Crippen molar-refractivity contribution >= 4 is 48.9 Å². The molecule has 19 heavy (non-hydrogen) atoms. The number of anilines is 1. The topological polar surface area (TPSA) is 3.24 Å². The van der Waals surface area contributed by atoms with E-state index in [9.17, 15) is 0 Å². The highest BCUT2D eigenvalue weighted by Crippen LogP contribution is 2.28. The fraction of sp³-hybridized carbons (Fsp3) is 0.333. The van der Waals surface area contributed by atoms with Crippen LogP contribution in [0.5, 0.6) is 0 Å². The van der Waals surface area contributed by atoms with Gasteiger partial charge in [0.15, 0.2) is 0 Å². The molecule has 102 valence electrons. The highest BCUT2D eigenvalue weighted by atomic mass is 79.9. The molecule has 0 spiro atoms. The first-order valence-electron chi connectivity index (χ1n) is 6.21. The molecule has 2 rings (SSSR count). The lowest BCUT2D eigenvalue weighted by Gasteiger charge is -2.28. The van der Waals surface area contributed by atoms with E-state index in [2.05, 4.69) is 86.4 Å². The van der Waals surface area contributed by atoms with Crippen LogP contribution in [0, 0.1) is 0 Å². The maximum Gasteiger partial charge on any atom is 0.0408 e. The van der Waals surface area contributed by atoms with E-state index in [0.29, 0.717) is 6.04 Å². The number of hydrogen-bond donors (Lipinski definition) is 0. The van der Waals surface area contributed by atoms with Gasteiger partial charge in [0.05, 0.1) is 0 Å². The van der Waals surface area contributed by atoms with E-state index < -0.39 is 0 Å². The molecule has 0 N–H and O–H groups in total. The Kier molecular flexibility index (Phi) is 5.48. The van der Waals surface area contributed by atoms with Crippen molar-refractivity contribution < 1.29 is 0 Å². The summed E-state index contributed by atoms with van der Waals surface area (Å²) in [5, 5.41) is 3.02. The van der Waals surface area contributed by atoms with Crippen LogP contribution in [0.3, 0.4) is 0 Å². The van der Waals surface area contributed by atoms with Gasteiger partial charge in [-0.25, -0.2) is 0 Å². The first-order valence-corrected chi connectivity index (χ1v) is 9.01. The average Bonchev–Trinajstić information content (AvgIpc) is 2.90. The Morgan fingerprint density at radius 2 is 2.11 bits per heavy atom. The van der Waals surface area contributed by atoms with Crippen molar-refractivity contribution in [3.8, 4) is 0 Å². The lowest BCUT2D eigenvalue weighted by atomic mass is 10.1. The molecule has 0 amide bonds. The molecule has 2 aromatic rings. The van der Waals surface area contributed by atoms with Crippen molar-refractivity contribution in [3.05, 3.63) is 50.6 Å². The second kappa shape index (κ2) is 6.91. The van der Waals surface area contributed by atoms with Crippen LogP contribution in [0.2, 0.25) is 0 Å². The molecule has 0 saturated heterocycles. The quantitative estimate of drug-likeness (QED) is 0.599. The van der Waals surface area contributed by atoms with Gasteiger partial charge in [0.25, 0.3) is 0 Å². The van der Waals surface area contributed by atoms with Crippen LogP contribution >= 0.6 is 43.2 Å². The molecule has 1 heterocycles.